The molecule has 0 unspecified atom stereocenters. The van der Waals surface area contributed by atoms with Gasteiger partial charge in [0.05, 0.1) is 18.7 Å². The van der Waals surface area contributed by atoms with E-state index in [-0.39, 0.29) is 18.7 Å². The summed E-state index contributed by atoms with van der Waals surface area (Å²) < 4.78 is 2.37. The Bertz CT molecular complexity index is 566. The minimum Gasteiger partial charge on any atom is -0.395 e. The van der Waals surface area contributed by atoms with Gasteiger partial charge in [0, 0.05) is 0 Å². The van der Waals surface area contributed by atoms with Crippen molar-refractivity contribution >= 4 is 33.8 Å². The molecule has 2 heterocycles. The second-order valence-corrected chi connectivity index (χ2v) is 4.08. The summed E-state index contributed by atoms with van der Waals surface area (Å²) in [5, 5.41) is 10.6. The van der Waals surface area contributed by atoms with Crippen molar-refractivity contribution in [1.82, 2.24) is 9.55 Å². The van der Waals surface area contributed by atoms with E-state index in [1.54, 1.807) is 0 Å². The topological polar surface area (TPSA) is 58.0 Å². The summed E-state index contributed by atoms with van der Waals surface area (Å²) >= 11 is 6.37. The molecule has 0 saturated heterocycles. The molecule has 4 nitrogen and oxygen atoms in total. The molecule has 14 heavy (non-hydrogen) atoms. The van der Waals surface area contributed by atoms with E-state index < -0.39 is 0 Å². The highest BCUT2D eigenvalue weighted by molar-refractivity contribution is 7.71. The van der Waals surface area contributed by atoms with Crippen molar-refractivity contribution in [2.24, 2.45) is 0 Å². The summed E-state index contributed by atoms with van der Waals surface area (Å²) in [5.74, 6) is 0. The standard InChI is InChI=1S/C8H8N2O2S2/c11-3-2-10-7(12)6-5(1-4-14-6)9-8(10)13/h1,4,11H,2-3H2,(H,9,13). The molecule has 0 fully saturated rings. The molecule has 74 valence electrons. The van der Waals surface area contributed by atoms with Gasteiger partial charge < -0.3 is 10.1 Å². The molecule has 2 aromatic heterocycles. The Labute approximate surface area is 88.4 Å². The van der Waals surface area contributed by atoms with E-state index in [0.717, 1.165) is 5.52 Å². The van der Waals surface area contributed by atoms with E-state index in [4.69, 9.17) is 17.3 Å². The lowest BCUT2D eigenvalue weighted by atomic mass is 10.4. The highest BCUT2D eigenvalue weighted by Crippen LogP contribution is 2.13. The highest BCUT2D eigenvalue weighted by Gasteiger charge is 2.05. The molecule has 0 aliphatic carbocycles. The summed E-state index contributed by atoms with van der Waals surface area (Å²) in [7, 11) is 0. The van der Waals surface area contributed by atoms with Crippen LogP contribution in [0.15, 0.2) is 16.2 Å². The first-order valence-corrected chi connectivity index (χ1v) is 5.34. The zero-order valence-electron chi connectivity index (χ0n) is 7.19. The van der Waals surface area contributed by atoms with E-state index in [1.807, 2.05) is 11.4 Å². The van der Waals surface area contributed by atoms with Crippen molar-refractivity contribution in [3.63, 3.8) is 0 Å². The first-order valence-electron chi connectivity index (χ1n) is 4.05. The Morgan fingerprint density at radius 3 is 3.14 bits per heavy atom. The predicted molar refractivity (Wildman–Crippen MR) is 58.4 cm³/mol. The van der Waals surface area contributed by atoms with Gasteiger partial charge in [0.25, 0.3) is 5.56 Å². The Kier molecular flexibility index (Phi) is 2.49. The largest absolute Gasteiger partial charge is 0.395 e. The number of H-pyrrole nitrogens is 1. The fraction of sp³-hybridized carbons (Fsp3) is 0.250. The quantitative estimate of drug-likeness (QED) is 0.757. The Morgan fingerprint density at radius 1 is 1.64 bits per heavy atom. The van der Waals surface area contributed by atoms with Gasteiger partial charge in [-0.05, 0) is 23.7 Å². The highest BCUT2D eigenvalue weighted by atomic mass is 32.1. The van der Waals surface area contributed by atoms with Gasteiger partial charge in [-0.1, -0.05) is 0 Å². The van der Waals surface area contributed by atoms with Crippen LogP contribution in [0.4, 0.5) is 0 Å². The lowest BCUT2D eigenvalue weighted by molar-refractivity contribution is 0.273. The van der Waals surface area contributed by atoms with Crippen LogP contribution < -0.4 is 5.56 Å². The number of fused-ring (bicyclic) bond motifs is 1. The lowest BCUT2D eigenvalue weighted by Gasteiger charge is -2.02. The number of nitrogens with one attached hydrogen (secondary N) is 1. The molecule has 6 heteroatoms. The fourth-order valence-corrected chi connectivity index (χ4v) is 2.36. The first kappa shape index (κ1) is 9.57. The fourth-order valence-electron chi connectivity index (χ4n) is 1.27. The summed E-state index contributed by atoms with van der Waals surface area (Å²) in [6.45, 7) is 0.149. The molecule has 2 rings (SSSR count). The molecule has 0 aliphatic rings. The van der Waals surface area contributed by atoms with Crippen LogP contribution in [-0.2, 0) is 6.54 Å². The summed E-state index contributed by atoms with van der Waals surface area (Å²) in [6.07, 6.45) is 0. The number of thiophene rings is 1. The molecule has 0 atom stereocenters. The van der Waals surface area contributed by atoms with E-state index in [9.17, 15) is 4.79 Å². The van der Waals surface area contributed by atoms with Gasteiger partial charge >= 0.3 is 0 Å². The number of hydrogen-bond donors (Lipinski definition) is 2. The molecule has 0 saturated carbocycles. The number of aromatic amines is 1. The van der Waals surface area contributed by atoms with Crippen LogP contribution in [0, 0.1) is 4.77 Å². The van der Waals surface area contributed by atoms with Gasteiger partial charge in [-0.3, -0.25) is 9.36 Å². The Balaban J connectivity index is 2.83. The molecule has 2 aromatic rings. The van der Waals surface area contributed by atoms with Crippen LogP contribution in [-0.4, -0.2) is 21.3 Å². The maximum absolute atomic E-state index is 11.8. The van der Waals surface area contributed by atoms with E-state index >= 15 is 0 Å². The van der Waals surface area contributed by atoms with Gasteiger partial charge in [-0.25, -0.2) is 0 Å². The van der Waals surface area contributed by atoms with Gasteiger partial charge in [0.2, 0.25) is 0 Å². The van der Waals surface area contributed by atoms with Gasteiger partial charge in [-0.2, -0.15) is 0 Å². The molecule has 0 aliphatic heterocycles. The van der Waals surface area contributed by atoms with Crippen LogP contribution in [0.1, 0.15) is 0 Å². The number of hydrogen-bond acceptors (Lipinski definition) is 4. The third kappa shape index (κ3) is 1.41. The number of rotatable bonds is 2. The SMILES string of the molecule is O=c1c2sccc2[nH]c(=S)n1CCO. The van der Waals surface area contributed by atoms with Gasteiger partial charge in [-0.15, -0.1) is 11.3 Å². The monoisotopic (exact) mass is 228 g/mol. The van der Waals surface area contributed by atoms with Gasteiger partial charge in [0.15, 0.2) is 4.77 Å². The zero-order chi connectivity index (χ0) is 10.1. The average Bonchev–Trinajstić information content (AvgIpc) is 2.60. The molecule has 0 spiro atoms. The lowest BCUT2D eigenvalue weighted by Crippen LogP contribution is -2.22. The molecule has 0 bridgehead atoms. The minimum atomic E-state index is -0.132. The summed E-state index contributed by atoms with van der Waals surface area (Å²) in [6, 6.07) is 1.82. The van der Waals surface area contributed by atoms with Crippen molar-refractivity contribution in [3.05, 3.63) is 26.6 Å². The molecular weight excluding hydrogens is 220 g/mol. The Morgan fingerprint density at radius 2 is 2.43 bits per heavy atom. The third-order valence-corrected chi connectivity index (χ3v) is 3.14. The molecule has 0 aromatic carbocycles. The second-order valence-electron chi connectivity index (χ2n) is 2.77. The van der Waals surface area contributed by atoms with Crippen molar-refractivity contribution in [1.29, 1.82) is 0 Å². The maximum atomic E-state index is 11.8. The van der Waals surface area contributed by atoms with Crippen LogP contribution in [0.2, 0.25) is 0 Å². The van der Waals surface area contributed by atoms with E-state index in [2.05, 4.69) is 4.98 Å². The molecular formula is C8H8N2O2S2. The molecule has 0 radical (unpaired) electrons. The van der Waals surface area contributed by atoms with Crippen molar-refractivity contribution in [2.45, 2.75) is 6.54 Å². The normalized spacial score (nSPS) is 10.9. The van der Waals surface area contributed by atoms with Gasteiger partial charge in [0.1, 0.15) is 4.70 Å². The third-order valence-electron chi connectivity index (χ3n) is 1.91. The van der Waals surface area contributed by atoms with Crippen LogP contribution >= 0.6 is 23.6 Å². The van der Waals surface area contributed by atoms with Crippen LogP contribution in [0.25, 0.3) is 10.2 Å². The summed E-state index contributed by atoms with van der Waals surface area (Å²) in [5.41, 5.74) is 0.631. The van der Waals surface area contributed by atoms with E-state index in [0.29, 0.717) is 9.47 Å². The van der Waals surface area contributed by atoms with Crippen molar-refractivity contribution < 1.29 is 5.11 Å². The Hall–Kier alpha value is -0.980. The number of nitrogens with zero attached hydrogens (tertiary/aromatic N) is 1. The van der Waals surface area contributed by atoms with Crippen LogP contribution in [0.3, 0.4) is 0 Å². The maximum Gasteiger partial charge on any atom is 0.272 e. The second kappa shape index (κ2) is 3.64. The zero-order valence-corrected chi connectivity index (χ0v) is 8.82. The van der Waals surface area contributed by atoms with Crippen molar-refractivity contribution in [2.75, 3.05) is 6.61 Å². The first-order chi connectivity index (χ1) is 6.74. The summed E-state index contributed by atoms with van der Waals surface area (Å²) in [4.78, 5) is 14.7. The predicted octanol–water partition coefficient (Wildman–Crippen LogP) is 1.11. The minimum absolute atomic E-state index is 0.0890. The average molecular weight is 228 g/mol. The number of aliphatic hydroxyl groups is 1. The van der Waals surface area contributed by atoms with Crippen molar-refractivity contribution in [3.8, 4) is 0 Å². The molecule has 0 amide bonds. The number of aliphatic hydroxyl groups excluding tert-OH is 1. The smallest absolute Gasteiger partial charge is 0.272 e. The van der Waals surface area contributed by atoms with E-state index in [1.165, 1.54) is 15.9 Å². The van der Waals surface area contributed by atoms with Crippen LogP contribution in [0.5, 0.6) is 0 Å². The molecule has 2 N–H and O–H groups in total. The number of aromatic nitrogens is 2.